The van der Waals surface area contributed by atoms with Crippen molar-refractivity contribution < 1.29 is 18.7 Å². The summed E-state index contributed by atoms with van der Waals surface area (Å²) in [6.45, 7) is 7.74. The van der Waals surface area contributed by atoms with Gasteiger partial charge in [0.15, 0.2) is 0 Å². The van der Waals surface area contributed by atoms with Gasteiger partial charge in [0.25, 0.3) is 0 Å². The van der Waals surface area contributed by atoms with Crippen LogP contribution in [0.3, 0.4) is 0 Å². The lowest BCUT2D eigenvalue weighted by molar-refractivity contribution is -0.154. The zero-order chi connectivity index (χ0) is 15.8. The van der Waals surface area contributed by atoms with E-state index in [2.05, 4.69) is 13.8 Å². The molecule has 3 nitrogen and oxygen atoms in total. The monoisotopic (exact) mass is 296 g/mol. The smallest absolute Gasteiger partial charge is 0.305 e. The minimum absolute atomic E-state index is 0.243. The van der Waals surface area contributed by atoms with Crippen LogP contribution in [0, 0.1) is 11.7 Å². The standard InChI is InChI=1S/C17H25FO3/c1-5-13(6-2)17(12(4)20-16(19)7-3)21-15-10-8-9-14(18)11-15/h8-13,17H,5-7H2,1-4H3. The summed E-state index contributed by atoms with van der Waals surface area (Å²) in [4.78, 5) is 11.5. The molecule has 0 fully saturated rings. The number of hydrogen-bond donors (Lipinski definition) is 0. The van der Waals surface area contributed by atoms with Crippen LogP contribution in [0.15, 0.2) is 24.3 Å². The van der Waals surface area contributed by atoms with E-state index in [4.69, 9.17) is 9.47 Å². The normalized spacial score (nSPS) is 13.8. The van der Waals surface area contributed by atoms with Crippen molar-refractivity contribution in [2.24, 2.45) is 5.92 Å². The third kappa shape index (κ3) is 5.37. The summed E-state index contributed by atoms with van der Waals surface area (Å²) in [5, 5.41) is 0. The van der Waals surface area contributed by atoms with Crippen molar-refractivity contribution in [1.29, 1.82) is 0 Å². The van der Waals surface area contributed by atoms with E-state index in [9.17, 15) is 9.18 Å². The summed E-state index contributed by atoms with van der Waals surface area (Å²) in [5.41, 5.74) is 0. The lowest BCUT2D eigenvalue weighted by atomic mass is 9.93. The van der Waals surface area contributed by atoms with Gasteiger partial charge < -0.3 is 9.47 Å². The predicted octanol–water partition coefficient (Wildman–Crippen LogP) is 4.35. The van der Waals surface area contributed by atoms with Gasteiger partial charge >= 0.3 is 5.97 Å². The molecule has 21 heavy (non-hydrogen) atoms. The summed E-state index contributed by atoms with van der Waals surface area (Å²) in [6, 6.07) is 6.05. The highest BCUT2D eigenvalue weighted by molar-refractivity contribution is 5.69. The summed E-state index contributed by atoms with van der Waals surface area (Å²) in [5.74, 6) is 0.120. The number of ether oxygens (including phenoxy) is 2. The Kier molecular flexibility index (Phi) is 7.20. The van der Waals surface area contributed by atoms with E-state index in [1.165, 1.54) is 12.1 Å². The zero-order valence-corrected chi connectivity index (χ0v) is 13.3. The number of rotatable bonds is 8. The molecule has 0 aliphatic rings. The molecule has 0 aliphatic heterocycles. The van der Waals surface area contributed by atoms with Crippen molar-refractivity contribution in [3.63, 3.8) is 0 Å². The fourth-order valence-electron chi connectivity index (χ4n) is 2.38. The highest BCUT2D eigenvalue weighted by atomic mass is 19.1. The van der Waals surface area contributed by atoms with Crippen molar-refractivity contribution in [2.75, 3.05) is 0 Å². The van der Waals surface area contributed by atoms with Gasteiger partial charge in [-0.1, -0.05) is 26.8 Å². The van der Waals surface area contributed by atoms with E-state index in [-0.39, 0.29) is 29.9 Å². The Bertz CT molecular complexity index is 443. The van der Waals surface area contributed by atoms with Crippen LogP contribution in [0.4, 0.5) is 4.39 Å². The number of esters is 1. The van der Waals surface area contributed by atoms with Gasteiger partial charge in [0.2, 0.25) is 0 Å². The molecule has 2 unspecified atom stereocenters. The largest absolute Gasteiger partial charge is 0.486 e. The van der Waals surface area contributed by atoms with E-state index in [0.717, 1.165) is 12.8 Å². The van der Waals surface area contributed by atoms with Gasteiger partial charge in [0.05, 0.1) is 0 Å². The Morgan fingerprint density at radius 1 is 1.24 bits per heavy atom. The first kappa shape index (κ1) is 17.5. The van der Waals surface area contributed by atoms with E-state index < -0.39 is 0 Å². The second kappa shape index (κ2) is 8.65. The molecule has 0 saturated carbocycles. The molecule has 1 rings (SSSR count). The number of benzene rings is 1. The van der Waals surface area contributed by atoms with Crippen molar-refractivity contribution in [3.8, 4) is 5.75 Å². The molecule has 0 saturated heterocycles. The molecule has 1 aromatic rings. The van der Waals surface area contributed by atoms with Gasteiger partial charge in [-0.25, -0.2) is 4.39 Å². The molecular weight excluding hydrogens is 271 g/mol. The summed E-state index contributed by atoms with van der Waals surface area (Å²) in [7, 11) is 0. The molecule has 0 radical (unpaired) electrons. The average Bonchev–Trinajstić information content (AvgIpc) is 2.47. The highest BCUT2D eigenvalue weighted by Gasteiger charge is 2.29. The molecule has 0 aromatic heterocycles. The van der Waals surface area contributed by atoms with Gasteiger partial charge in [-0.2, -0.15) is 0 Å². The van der Waals surface area contributed by atoms with Crippen LogP contribution in [0.2, 0.25) is 0 Å². The Hall–Kier alpha value is -1.58. The van der Waals surface area contributed by atoms with E-state index in [1.54, 1.807) is 19.1 Å². The Morgan fingerprint density at radius 2 is 1.90 bits per heavy atom. The molecule has 4 heteroatoms. The van der Waals surface area contributed by atoms with Gasteiger partial charge in [0.1, 0.15) is 23.8 Å². The van der Waals surface area contributed by atoms with Crippen LogP contribution >= 0.6 is 0 Å². The van der Waals surface area contributed by atoms with Gasteiger partial charge in [-0.05, 0) is 37.8 Å². The molecule has 0 spiro atoms. The molecule has 118 valence electrons. The van der Waals surface area contributed by atoms with Crippen molar-refractivity contribution in [2.45, 2.75) is 59.2 Å². The second-order valence-electron chi connectivity index (χ2n) is 5.16. The third-order valence-corrected chi connectivity index (χ3v) is 3.65. The molecular formula is C17H25FO3. The third-order valence-electron chi connectivity index (χ3n) is 3.65. The van der Waals surface area contributed by atoms with Gasteiger partial charge in [-0.15, -0.1) is 0 Å². The average molecular weight is 296 g/mol. The number of carbonyl (C=O) groups excluding carboxylic acids is 1. The first-order chi connectivity index (χ1) is 10.0. The lowest BCUT2D eigenvalue weighted by Gasteiger charge is -2.31. The first-order valence-corrected chi connectivity index (χ1v) is 7.63. The van der Waals surface area contributed by atoms with Crippen molar-refractivity contribution in [1.82, 2.24) is 0 Å². The maximum Gasteiger partial charge on any atom is 0.305 e. The number of carbonyl (C=O) groups is 1. The second-order valence-corrected chi connectivity index (χ2v) is 5.16. The minimum atomic E-state index is -0.370. The molecule has 0 N–H and O–H groups in total. The van der Waals surface area contributed by atoms with Crippen LogP contribution in [0.5, 0.6) is 5.75 Å². The topological polar surface area (TPSA) is 35.5 Å². The minimum Gasteiger partial charge on any atom is -0.486 e. The van der Waals surface area contributed by atoms with Gasteiger partial charge in [-0.3, -0.25) is 4.79 Å². The van der Waals surface area contributed by atoms with Crippen molar-refractivity contribution >= 4 is 5.97 Å². The number of halogens is 1. The molecule has 0 aliphatic carbocycles. The van der Waals surface area contributed by atoms with Crippen LogP contribution in [0.1, 0.15) is 47.0 Å². The molecule has 2 atom stereocenters. The first-order valence-electron chi connectivity index (χ1n) is 7.63. The zero-order valence-electron chi connectivity index (χ0n) is 13.3. The fourth-order valence-corrected chi connectivity index (χ4v) is 2.38. The predicted molar refractivity (Wildman–Crippen MR) is 80.7 cm³/mol. The summed E-state index contributed by atoms with van der Waals surface area (Å²) < 4.78 is 24.6. The Labute approximate surface area is 126 Å². The van der Waals surface area contributed by atoms with Gasteiger partial charge in [0, 0.05) is 12.5 Å². The fraction of sp³-hybridized carbons (Fsp3) is 0.588. The molecule has 0 bridgehead atoms. The molecule has 0 heterocycles. The SMILES string of the molecule is CCC(=O)OC(C)C(Oc1cccc(F)c1)C(CC)CC. The Balaban J connectivity index is 2.88. The van der Waals surface area contributed by atoms with Crippen LogP contribution in [-0.2, 0) is 9.53 Å². The molecule has 1 aromatic carbocycles. The van der Waals surface area contributed by atoms with Crippen LogP contribution in [-0.4, -0.2) is 18.2 Å². The van der Waals surface area contributed by atoms with E-state index in [0.29, 0.717) is 12.2 Å². The van der Waals surface area contributed by atoms with E-state index in [1.807, 2.05) is 6.92 Å². The lowest BCUT2D eigenvalue weighted by Crippen LogP contribution is -2.39. The quantitative estimate of drug-likeness (QED) is 0.669. The number of hydrogen-bond acceptors (Lipinski definition) is 3. The summed E-state index contributed by atoms with van der Waals surface area (Å²) >= 11 is 0. The van der Waals surface area contributed by atoms with E-state index >= 15 is 0 Å². The highest BCUT2D eigenvalue weighted by Crippen LogP contribution is 2.25. The molecule has 0 amide bonds. The van der Waals surface area contributed by atoms with Crippen LogP contribution in [0.25, 0.3) is 0 Å². The maximum absolute atomic E-state index is 13.3. The Morgan fingerprint density at radius 3 is 2.43 bits per heavy atom. The van der Waals surface area contributed by atoms with Crippen LogP contribution < -0.4 is 4.74 Å². The summed E-state index contributed by atoms with van der Waals surface area (Å²) in [6.07, 6.45) is 1.50. The maximum atomic E-state index is 13.3. The van der Waals surface area contributed by atoms with Crippen molar-refractivity contribution in [3.05, 3.63) is 30.1 Å².